The van der Waals surface area contributed by atoms with Crippen molar-refractivity contribution in [2.75, 3.05) is 63.2 Å². The minimum atomic E-state index is -0.0212. The fourth-order valence-electron chi connectivity index (χ4n) is 3.52. The minimum Gasteiger partial charge on any atom is -0.378 e. The molecule has 0 spiro atoms. The number of carbonyl (C=O) groups is 1. The van der Waals surface area contributed by atoms with E-state index in [1.54, 1.807) is 11.3 Å². The van der Waals surface area contributed by atoms with Gasteiger partial charge in [-0.1, -0.05) is 22.9 Å². The molecule has 0 unspecified atom stereocenters. The summed E-state index contributed by atoms with van der Waals surface area (Å²) >= 11 is 7.78. The van der Waals surface area contributed by atoms with Gasteiger partial charge >= 0.3 is 0 Å². The van der Waals surface area contributed by atoms with Gasteiger partial charge in [-0.15, -0.1) is 0 Å². The van der Waals surface area contributed by atoms with Crippen molar-refractivity contribution in [3.05, 3.63) is 53.1 Å². The van der Waals surface area contributed by atoms with E-state index in [2.05, 4.69) is 15.1 Å². The van der Waals surface area contributed by atoms with Gasteiger partial charge in [-0.2, -0.15) is 0 Å². The van der Waals surface area contributed by atoms with Crippen molar-refractivity contribution < 1.29 is 4.79 Å². The second-order valence-corrected chi connectivity index (χ2v) is 9.08. The molecule has 1 aliphatic rings. The van der Waals surface area contributed by atoms with Gasteiger partial charge in [0.15, 0.2) is 5.13 Å². The van der Waals surface area contributed by atoms with Crippen LogP contribution in [0.1, 0.15) is 10.4 Å². The number of hydrogen-bond donors (Lipinski definition) is 1. The average Bonchev–Trinajstić information content (AvgIpc) is 3.17. The summed E-state index contributed by atoms with van der Waals surface area (Å²) in [7, 11) is 3.97. The van der Waals surface area contributed by atoms with E-state index in [1.807, 2.05) is 61.5 Å². The SMILES string of the molecule is CN(C)c1ccc(C(=O)NCCN2CCN(c3nc4ccc(Cl)cc4s3)CC2)cc1. The van der Waals surface area contributed by atoms with Crippen molar-refractivity contribution in [3.8, 4) is 0 Å². The van der Waals surface area contributed by atoms with Crippen LogP contribution in [0.5, 0.6) is 0 Å². The highest BCUT2D eigenvalue weighted by atomic mass is 35.5. The highest BCUT2D eigenvalue weighted by Gasteiger charge is 2.20. The van der Waals surface area contributed by atoms with Crippen molar-refractivity contribution in [2.24, 2.45) is 0 Å². The summed E-state index contributed by atoms with van der Waals surface area (Å²) in [5.41, 5.74) is 2.78. The molecule has 30 heavy (non-hydrogen) atoms. The van der Waals surface area contributed by atoms with Gasteiger partial charge in [0, 0.05) is 69.6 Å². The van der Waals surface area contributed by atoms with E-state index in [0.717, 1.165) is 58.8 Å². The van der Waals surface area contributed by atoms with Crippen LogP contribution in [0.15, 0.2) is 42.5 Å². The highest BCUT2D eigenvalue weighted by molar-refractivity contribution is 7.22. The molecule has 2 heterocycles. The lowest BCUT2D eigenvalue weighted by molar-refractivity contribution is 0.0948. The molecular formula is C22H26ClN5OS. The summed E-state index contributed by atoms with van der Waals surface area (Å²) in [6, 6.07) is 13.5. The maximum absolute atomic E-state index is 12.3. The predicted octanol–water partition coefficient (Wildman–Crippen LogP) is 3.57. The van der Waals surface area contributed by atoms with Crippen LogP contribution >= 0.6 is 22.9 Å². The van der Waals surface area contributed by atoms with Crippen molar-refractivity contribution in [1.82, 2.24) is 15.2 Å². The van der Waals surface area contributed by atoms with E-state index in [0.29, 0.717) is 12.1 Å². The quantitative estimate of drug-likeness (QED) is 0.631. The van der Waals surface area contributed by atoms with Gasteiger partial charge in [0.05, 0.1) is 10.2 Å². The molecule has 6 nitrogen and oxygen atoms in total. The summed E-state index contributed by atoms with van der Waals surface area (Å²) in [4.78, 5) is 23.8. The number of halogens is 1. The standard InChI is InChI=1S/C22H26ClN5OS/c1-26(2)18-6-3-16(4-7-18)21(29)24-9-10-27-11-13-28(14-12-27)22-25-19-8-5-17(23)15-20(19)30-22/h3-8,15H,9-14H2,1-2H3,(H,24,29). The number of fused-ring (bicyclic) bond motifs is 1. The molecule has 3 aromatic rings. The molecular weight excluding hydrogens is 418 g/mol. The number of nitrogens with one attached hydrogen (secondary N) is 1. The number of piperazine rings is 1. The second-order valence-electron chi connectivity index (χ2n) is 7.63. The molecule has 0 bridgehead atoms. The molecule has 1 fully saturated rings. The number of anilines is 2. The zero-order valence-corrected chi connectivity index (χ0v) is 18.8. The van der Waals surface area contributed by atoms with Crippen LogP contribution < -0.4 is 15.1 Å². The number of benzene rings is 2. The Hall–Kier alpha value is -2.35. The Morgan fingerprint density at radius 1 is 1.13 bits per heavy atom. The molecule has 0 aliphatic carbocycles. The molecule has 1 saturated heterocycles. The third kappa shape index (κ3) is 4.86. The molecule has 1 amide bonds. The van der Waals surface area contributed by atoms with E-state index < -0.39 is 0 Å². The van der Waals surface area contributed by atoms with Gasteiger partial charge in [-0.3, -0.25) is 9.69 Å². The third-order valence-corrected chi connectivity index (χ3v) is 6.66. The molecule has 0 radical (unpaired) electrons. The largest absolute Gasteiger partial charge is 0.378 e. The number of amides is 1. The lowest BCUT2D eigenvalue weighted by Crippen LogP contribution is -2.48. The Morgan fingerprint density at radius 3 is 2.57 bits per heavy atom. The fourth-order valence-corrected chi connectivity index (χ4v) is 4.82. The van der Waals surface area contributed by atoms with E-state index in [1.165, 1.54) is 0 Å². The van der Waals surface area contributed by atoms with Crippen LogP contribution in [-0.2, 0) is 0 Å². The van der Waals surface area contributed by atoms with Crippen molar-refractivity contribution in [1.29, 1.82) is 0 Å². The topological polar surface area (TPSA) is 51.7 Å². The predicted molar refractivity (Wildman–Crippen MR) is 126 cm³/mol. The molecule has 158 valence electrons. The zero-order chi connectivity index (χ0) is 21.1. The van der Waals surface area contributed by atoms with Crippen molar-refractivity contribution in [2.45, 2.75) is 0 Å². The Morgan fingerprint density at radius 2 is 1.87 bits per heavy atom. The van der Waals surface area contributed by atoms with Crippen LogP contribution in [-0.4, -0.2) is 69.2 Å². The van der Waals surface area contributed by atoms with Crippen LogP contribution in [0, 0.1) is 0 Å². The summed E-state index contributed by atoms with van der Waals surface area (Å²) in [6.45, 7) is 5.30. The van der Waals surface area contributed by atoms with Gasteiger partial charge in [0.2, 0.25) is 0 Å². The maximum atomic E-state index is 12.3. The Bertz CT molecular complexity index is 1010. The number of aromatic nitrogens is 1. The monoisotopic (exact) mass is 443 g/mol. The zero-order valence-electron chi connectivity index (χ0n) is 17.3. The van der Waals surface area contributed by atoms with Crippen LogP contribution in [0.25, 0.3) is 10.2 Å². The number of carbonyl (C=O) groups excluding carboxylic acids is 1. The van der Waals surface area contributed by atoms with Crippen LogP contribution in [0.2, 0.25) is 5.02 Å². The average molecular weight is 444 g/mol. The van der Waals surface area contributed by atoms with E-state index in [9.17, 15) is 4.79 Å². The minimum absolute atomic E-state index is 0.0212. The van der Waals surface area contributed by atoms with Gasteiger partial charge in [-0.25, -0.2) is 4.98 Å². The summed E-state index contributed by atoms with van der Waals surface area (Å²) in [5.74, 6) is -0.0212. The molecule has 2 aromatic carbocycles. The summed E-state index contributed by atoms with van der Waals surface area (Å²) in [5, 5.41) is 4.84. The van der Waals surface area contributed by atoms with Gasteiger partial charge in [0.1, 0.15) is 0 Å². The maximum Gasteiger partial charge on any atom is 0.251 e. The second kappa shape index (κ2) is 9.20. The first kappa shape index (κ1) is 20.9. The molecule has 8 heteroatoms. The fraction of sp³-hybridized carbons (Fsp3) is 0.364. The third-order valence-electron chi connectivity index (χ3n) is 5.34. The Balaban J connectivity index is 1.23. The lowest BCUT2D eigenvalue weighted by atomic mass is 10.2. The molecule has 4 rings (SSSR count). The van der Waals surface area contributed by atoms with Crippen molar-refractivity contribution >= 4 is 49.9 Å². The van der Waals surface area contributed by atoms with Gasteiger partial charge in [0.25, 0.3) is 5.91 Å². The lowest BCUT2D eigenvalue weighted by Gasteiger charge is -2.34. The molecule has 0 atom stereocenters. The van der Waals surface area contributed by atoms with Crippen molar-refractivity contribution in [3.63, 3.8) is 0 Å². The normalized spacial score (nSPS) is 14.8. The first-order valence-electron chi connectivity index (χ1n) is 10.1. The molecule has 0 saturated carbocycles. The first-order chi connectivity index (χ1) is 14.5. The summed E-state index contributed by atoms with van der Waals surface area (Å²) in [6.07, 6.45) is 0. The van der Waals surface area contributed by atoms with Crippen LogP contribution in [0.4, 0.5) is 10.8 Å². The van der Waals surface area contributed by atoms with Crippen LogP contribution in [0.3, 0.4) is 0 Å². The smallest absolute Gasteiger partial charge is 0.251 e. The van der Waals surface area contributed by atoms with E-state index >= 15 is 0 Å². The van der Waals surface area contributed by atoms with Gasteiger partial charge in [-0.05, 0) is 42.5 Å². The molecule has 1 aliphatic heterocycles. The van der Waals surface area contributed by atoms with E-state index in [-0.39, 0.29) is 5.91 Å². The molecule has 1 aromatic heterocycles. The Labute approximate surface area is 186 Å². The van der Waals surface area contributed by atoms with E-state index in [4.69, 9.17) is 16.6 Å². The number of nitrogens with zero attached hydrogens (tertiary/aromatic N) is 4. The summed E-state index contributed by atoms with van der Waals surface area (Å²) < 4.78 is 1.13. The number of thiazole rings is 1. The first-order valence-corrected chi connectivity index (χ1v) is 11.3. The number of rotatable bonds is 6. The highest BCUT2D eigenvalue weighted by Crippen LogP contribution is 2.31. The number of hydrogen-bond acceptors (Lipinski definition) is 6. The van der Waals surface area contributed by atoms with Gasteiger partial charge < -0.3 is 15.1 Å². The molecule has 1 N–H and O–H groups in total. The Kier molecular flexibility index (Phi) is 6.41.